The number of hydrogen-bond acceptors (Lipinski definition) is 4. The van der Waals surface area contributed by atoms with Crippen LogP contribution in [0, 0.1) is 0 Å². The maximum atomic E-state index is 12.4. The van der Waals surface area contributed by atoms with E-state index in [-0.39, 0.29) is 23.5 Å². The lowest BCUT2D eigenvalue weighted by Crippen LogP contribution is -2.44. The number of likely N-dealkylation sites (N-methyl/N-ethyl adjacent to an activating group) is 1. The van der Waals surface area contributed by atoms with E-state index in [4.69, 9.17) is 0 Å². The zero-order chi connectivity index (χ0) is 18.7. The van der Waals surface area contributed by atoms with E-state index >= 15 is 0 Å². The van der Waals surface area contributed by atoms with Crippen LogP contribution in [0.15, 0.2) is 35.7 Å². The number of nitrogens with one attached hydrogen (secondary N) is 2. The topological polar surface area (TPSA) is 57.3 Å². The molecule has 0 spiro atoms. The largest absolute Gasteiger partial charge is 0.333 e. The van der Waals surface area contributed by atoms with Crippen molar-refractivity contribution in [1.82, 2.24) is 20.5 Å². The molecule has 2 amide bonds. The van der Waals surface area contributed by atoms with Crippen LogP contribution in [-0.2, 0) is 12.0 Å². The third kappa shape index (κ3) is 4.43. The Kier molecular flexibility index (Phi) is 5.63. The molecule has 0 bridgehead atoms. The first-order chi connectivity index (χ1) is 12.3. The van der Waals surface area contributed by atoms with Crippen molar-refractivity contribution in [3.8, 4) is 0 Å². The van der Waals surface area contributed by atoms with Gasteiger partial charge in [0.15, 0.2) is 0 Å². The molecule has 1 aliphatic rings. The van der Waals surface area contributed by atoms with Crippen LogP contribution in [0.25, 0.3) is 0 Å². The van der Waals surface area contributed by atoms with Gasteiger partial charge in [0.2, 0.25) is 0 Å². The minimum atomic E-state index is -0.126. The van der Waals surface area contributed by atoms with Crippen molar-refractivity contribution < 1.29 is 4.79 Å². The zero-order valence-electron chi connectivity index (χ0n) is 16.0. The summed E-state index contributed by atoms with van der Waals surface area (Å²) in [4.78, 5) is 19.3. The summed E-state index contributed by atoms with van der Waals surface area (Å²) in [5, 5.41) is 9.12. The van der Waals surface area contributed by atoms with Gasteiger partial charge in [-0.3, -0.25) is 4.90 Å². The molecule has 6 heteroatoms. The first-order valence-electron chi connectivity index (χ1n) is 9.09. The van der Waals surface area contributed by atoms with Crippen LogP contribution < -0.4 is 10.6 Å². The molecule has 2 N–H and O–H groups in total. The second kappa shape index (κ2) is 7.76. The third-order valence-electron chi connectivity index (χ3n) is 4.83. The number of thiazole rings is 1. The highest BCUT2D eigenvalue weighted by atomic mass is 32.1. The van der Waals surface area contributed by atoms with Crippen molar-refractivity contribution in [2.24, 2.45) is 0 Å². The van der Waals surface area contributed by atoms with Crippen molar-refractivity contribution in [2.45, 2.75) is 51.2 Å². The molecule has 2 atom stereocenters. The summed E-state index contributed by atoms with van der Waals surface area (Å²) in [7, 11) is 2.11. The van der Waals surface area contributed by atoms with E-state index in [1.54, 1.807) is 11.3 Å². The Balaban J connectivity index is 1.57. The molecule has 1 aromatic carbocycles. The summed E-state index contributed by atoms with van der Waals surface area (Å²) in [6.45, 7) is 7.88. The molecule has 1 aliphatic heterocycles. The van der Waals surface area contributed by atoms with E-state index in [1.807, 2.05) is 18.2 Å². The maximum absolute atomic E-state index is 12.4. The molecule has 5 nitrogen and oxygen atoms in total. The summed E-state index contributed by atoms with van der Waals surface area (Å²) in [6.07, 6.45) is 0.953. The second-order valence-electron chi connectivity index (χ2n) is 7.93. The van der Waals surface area contributed by atoms with E-state index in [2.05, 4.69) is 65.8 Å². The van der Waals surface area contributed by atoms with Crippen LogP contribution >= 0.6 is 11.3 Å². The molecule has 0 unspecified atom stereocenters. The van der Waals surface area contributed by atoms with Gasteiger partial charge in [0.1, 0.15) is 5.01 Å². The first-order valence-corrected chi connectivity index (χ1v) is 9.97. The predicted molar refractivity (Wildman–Crippen MR) is 106 cm³/mol. The van der Waals surface area contributed by atoms with Gasteiger partial charge in [-0.1, -0.05) is 51.1 Å². The summed E-state index contributed by atoms with van der Waals surface area (Å²) in [6, 6.07) is 10.6. The molecule has 140 valence electrons. The summed E-state index contributed by atoms with van der Waals surface area (Å²) < 4.78 is 0. The van der Waals surface area contributed by atoms with Crippen LogP contribution in [-0.4, -0.2) is 35.5 Å². The molecule has 2 heterocycles. The van der Waals surface area contributed by atoms with Gasteiger partial charge in [-0.2, -0.15) is 0 Å². The second-order valence-corrected chi connectivity index (χ2v) is 8.88. The number of hydrogen-bond donors (Lipinski definition) is 2. The maximum Gasteiger partial charge on any atom is 0.315 e. The van der Waals surface area contributed by atoms with Gasteiger partial charge < -0.3 is 10.6 Å². The third-order valence-corrected chi connectivity index (χ3v) is 5.68. The minimum Gasteiger partial charge on any atom is -0.333 e. The van der Waals surface area contributed by atoms with E-state index in [0.717, 1.165) is 23.7 Å². The average Bonchev–Trinajstić information content (AvgIpc) is 3.21. The molecule has 1 fully saturated rings. The number of likely N-dealkylation sites (tertiary alicyclic amines) is 1. The zero-order valence-corrected chi connectivity index (χ0v) is 16.8. The SMILES string of the molecule is CN1CC[C@@H](NC(=O)NCc2nc(C(C)(C)C)cs2)[C@H]1c1ccccc1. The molecular formula is C20H28N4OS. The monoisotopic (exact) mass is 372 g/mol. The van der Waals surface area contributed by atoms with Gasteiger partial charge in [0.25, 0.3) is 0 Å². The smallest absolute Gasteiger partial charge is 0.315 e. The number of carbonyl (C=O) groups is 1. The Morgan fingerprint density at radius 2 is 2.04 bits per heavy atom. The lowest BCUT2D eigenvalue weighted by atomic mass is 9.93. The normalized spacial score (nSPS) is 20.9. The van der Waals surface area contributed by atoms with Gasteiger partial charge in [0.05, 0.1) is 24.3 Å². The Morgan fingerprint density at radius 1 is 1.31 bits per heavy atom. The quantitative estimate of drug-likeness (QED) is 0.861. The molecule has 3 rings (SSSR count). The highest BCUT2D eigenvalue weighted by Crippen LogP contribution is 2.30. The van der Waals surface area contributed by atoms with Crippen LogP contribution in [0.4, 0.5) is 4.79 Å². The van der Waals surface area contributed by atoms with Crippen molar-refractivity contribution >= 4 is 17.4 Å². The number of carbonyl (C=O) groups excluding carboxylic acids is 1. The van der Waals surface area contributed by atoms with E-state index < -0.39 is 0 Å². The van der Waals surface area contributed by atoms with Crippen LogP contribution in [0.5, 0.6) is 0 Å². The number of aromatic nitrogens is 1. The van der Waals surface area contributed by atoms with Gasteiger partial charge in [-0.25, -0.2) is 9.78 Å². The molecular weight excluding hydrogens is 344 g/mol. The number of amides is 2. The van der Waals surface area contributed by atoms with Crippen molar-refractivity contribution in [2.75, 3.05) is 13.6 Å². The molecule has 0 radical (unpaired) electrons. The highest BCUT2D eigenvalue weighted by molar-refractivity contribution is 7.09. The molecule has 1 aromatic heterocycles. The summed E-state index contributed by atoms with van der Waals surface area (Å²) in [5.74, 6) is 0. The van der Waals surface area contributed by atoms with Crippen LogP contribution in [0.3, 0.4) is 0 Å². The predicted octanol–water partition coefficient (Wildman–Crippen LogP) is 3.69. The Hall–Kier alpha value is -1.92. The fraction of sp³-hybridized carbons (Fsp3) is 0.500. The van der Waals surface area contributed by atoms with E-state index in [9.17, 15) is 4.79 Å². The summed E-state index contributed by atoms with van der Waals surface area (Å²) >= 11 is 1.60. The van der Waals surface area contributed by atoms with Gasteiger partial charge in [-0.15, -0.1) is 11.3 Å². The molecule has 2 aromatic rings. The highest BCUT2D eigenvalue weighted by Gasteiger charge is 2.33. The Bertz CT molecular complexity index is 738. The number of rotatable bonds is 4. The Labute approximate surface area is 159 Å². The van der Waals surface area contributed by atoms with Crippen LogP contribution in [0.2, 0.25) is 0 Å². The number of nitrogens with zero attached hydrogens (tertiary/aromatic N) is 2. The lowest BCUT2D eigenvalue weighted by Gasteiger charge is -2.26. The van der Waals surface area contributed by atoms with Crippen LogP contribution in [0.1, 0.15) is 49.5 Å². The standard InChI is InChI=1S/C20H28N4OS/c1-20(2,3)16-13-26-17(23-16)12-21-19(25)22-15-10-11-24(4)18(15)14-8-6-5-7-9-14/h5-9,13,15,18H,10-12H2,1-4H3,(H2,21,22,25)/t15-,18-/m1/s1. The molecule has 0 aliphatic carbocycles. The average molecular weight is 373 g/mol. The Morgan fingerprint density at radius 3 is 2.69 bits per heavy atom. The van der Waals surface area contributed by atoms with Gasteiger partial charge in [0, 0.05) is 17.3 Å². The van der Waals surface area contributed by atoms with Gasteiger partial charge in [-0.05, 0) is 19.0 Å². The summed E-state index contributed by atoms with van der Waals surface area (Å²) in [5.41, 5.74) is 2.35. The van der Waals surface area contributed by atoms with Crippen molar-refractivity contribution in [3.05, 3.63) is 52.0 Å². The van der Waals surface area contributed by atoms with Gasteiger partial charge >= 0.3 is 6.03 Å². The van der Waals surface area contributed by atoms with E-state index in [0.29, 0.717) is 6.54 Å². The lowest BCUT2D eigenvalue weighted by molar-refractivity contribution is 0.229. The molecule has 1 saturated heterocycles. The number of urea groups is 1. The molecule has 26 heavy (non-hydrogen) atoms. The fourth-order valence-electron chi connectivity index (χ4n) is 3.35. The van der Waals surface area contributed by atoms with E-state index in [1.165, 1.54) is 5.56 Å². The number of benzene rings is 1. The fourth-order valence-corrected chi connectivity index (χ4v) is 4.31. The van der Waals surface area contributed by atoms with Crippen molar-refractivity contribution in [3.63, 3.8) is 0 Å². The molecule has 0 saturated carbocycles. The minimum absolute atomic E-state index is 0.0361. The first kappa shape index (κ1) is 18.9. The van der Waals surface area contributed by atoms with Crippen molar-refractivity contribution in [1.29, 1.82) is 0 Å².